The molecular formula is C13H19NO5S. The molecule has 1 aromatic rings. The third-order valence-corrected chi connectivity index (χ3v) is 4.62. The van der Waals surface area contributed by atoms with Crippen molar-refractivity contribution in [3.05, 3.63) is 28.8 Å². The number of carbonyl (C=O) groups is 1. The topological polar surface area (TPSA) is 104 Å². The molecule has 0 saturated carbocycles. The van der Waals surface area contributed by atoms with Gasteiger partial charge in [-0.15, -0.1) is 0 Å². The van der Waals surface area contributed by atoms with Crippen molar-refractivity contribution in [2.24, 2.45) is 0 Å². The van der Waals surface area contributed by atoms with Crippen molar-refractivity contribution in [3.8, 4) is 0 Å². The number of hydrogen-bond acceptors (Lipinski definition) is 4. The molecule has 0 atom stereocenters. The van der Waals surface area contributed by atoms with E-state index in [2.05, 4.69) is 4.72 Å². The second kappa shape index (κ2) is 6.83. The van der Waals surface area contributed by atoms with Crippen LogP contribution in [0.5, 0.6) is 0 Å². The van der Waals surface area contributed by atoms with Gasteiger partial charge in [-0.1, -0.05) is 0 Å². The summed E-state index contributed by atoms with van der Waals surface area (Å²) in [6.07, 6.45) is 1.03. The zero-order chi connectivity index (χ0) is 15.3. The maximum atomic E-state index is 12.2. The zero-order valence-corrected chi connectivity index (χ0v) is 12.3. The van der Waals surface area contributed by atoms with Gasteiger partial charge in [-0.3, -0.25) is 0 Å². The van der Waals surface area contributed by atoms with E-state index in [0.717, 1.165) is 0 Å². The Balaban J connectivity index is 3.07. The molecule has 0 saturated heterocycles. The largest absolute Gasteiger partial charge is 0.478 e. The highest BCUT2D eigenvalue weighted by molar-refractivity contribution is 7.89. The number of benzene rings is 1. The minimum absolute atomic E-state index is 0.00830. The molecule has 0 unspecified atom stereocenters. The average Bonchev–Trinajstić information content (AvgIpc) is 2.37. The van der Waals surface area contributed by atoms with E-state index < -0.39 is 16.0 Å². The average molecular weight is 301 g/mol. The highest BCUT2D eigenvalue weighted by Crippen LogP contribution is 2.21. The van der Waals surface area contributed by atoms with Gasteiger partial charge in [0.2, 0.25) is 10.0 Å². The molecule has 20 heavy (non-hydrogen) atoms. The lowest BCUT2D eigenvalue weighted by Gasteiger charge is -2.12. The van der Waals surface area contributed by atoms with Crippen LogP contribution in [-0.2, 0) is 10.0 Å². The number of nitrogens with one attached hydrogen (secondary N) is 1. The summed E-state index contributed by atoms with van der Waals surface area (Å²) in [7, 11) is -3.74. The number of sulfonamides is 1. The number of aryl methyl sites for hydroxylation is 1. The van der Waals surface area contributed by atoms with Gasteiger partial charge in [0.1, 0.15) is 0 Å². The summed E-state index contributed by atoms with van der Waals surface area (Å²) in [5.41, 5.74) is 1.09. The fourth-order valence-corrected chi connectivity index (χ4v) is 3.17. The molecule has 0 heterocycles. The molecule has 0 aliphatic rings. The number of aromatic carboxylic acids is 1. The summed E-state index contributed by atoms with van der Waals surface area (Å²) in [4.78, 5) is 11.0. The van der Waals surface area contributed by atoms with E-state index in [1.54, 1.807) is 13.8 Å². The van der Waals surface area contributed by atoms with Crippen molar-refractivity contribution in [2.75, 3.05) is 13.2 Å². The van der Waals surface area contributed by atoms with E-state index in [0.29, 0.717) is 24.0 Å². The Labute approximate surface area is 118 Å². The molecular weight excluding hydrogens is 282 g/mol. The number of aliphatic hydroxyl groups is 1. The third kappa shape index (κ3) is 4.03. The number of unbranched alkanes of at least 4 members (excludes halogenated alkanes) is 1. The smallest absolute Gasteiger partial charge is 0.335 e. The lowest BCUT2D eigenvalue weighted by Crippen LogP contribution is -2.26. The molecule has 0 aliphatic carbocycles. The van der Waals surface area contributed by atoms with Crippen LogP contribution in [0.4, 0.5) is 0 Å². The van der Waals surface area contributed by atoms with Gasteiger partial charge in [-0.05, 0) is 49.9 Å². The van der Waals surface area contributed by atoms with E-state index in [9.17, 15) is 13.2 Å². The summed E-state index contributed by atoms with van der Waals surface area (Å²) in [5.74, 6) is -1.16. The quantitative estimate of drug-likeness (QED) is 0.653. The molecule has 0 radical (unpaired) electrons. The van der Waals surface area contributed by atoms with Crippen molar-refractivity contribution >= 4 is 16.0 Å². The van der Waals surface area contributed by atoms with Crippen molar-refractivity contribution in [2.45, 2.75) is 31.6 Å². The summed E-state index contributed by atoms with van der Waals surface area (Å²) >= 11 is 0. The fraction of sp³-hybridized carbons (Fsp3) is 0.462. The van der Waals surface area contributed by atoms with Crippen LogP contribution in [0.15, 0.2) is 17.0 Å². The number of aliphatic hydroxyl groups excluding tert-OH is 1. The summed E-state index contributed by atoms with van der Waals surface area (Å²) in [6, 6.07) is 2.61. The van der Waals surface area contributed by atoms with Gasteiger partial charge < -0.3 is 10.2 Å². The number of carboxylic acid groups (broad SMARTS) is 1. The van der Waals surface area contributed by atoms with Crippen LogP contribution in [0.3, 0.4) is 0 Å². The highest BCUT2D eigenvalue weighted by atomic mass is 32.2. The van der Waals surface area contributed by atoms with Crippen molar-refractivity contribution < 1.29 is 23.4 Å². The molecule has 0 aromatic heterocycles. The zero-order valence-electron chi connectivity index (χ0n) is 11.5. The Kier molecular flexibility index (Phi) is 5.67. The van der Waals surface area contributed by atoms with Crippen LogP contribution < -0.4 is 4.72 Å². The van der Waals surface area contributed by atoms with E-state index in [-0.39, 0.29) is 23.6 Å². The normalized spacial score (nSPS) is 11.6. The molecule has 6 nitrogen and oxygen atoms in total. The molecule has 1 rings (SSSR count). The highest BCUT2D eigenvalue weighted by Gasteiger charge is 2.20. The standard InChI is InChI=1S/C13H19NO5S/c1-9-7-11(13(16)17)8-12(10(9)2)20(18,19)14-5-3-4-6-15/h7-8,14-15H,3-6H2,1-2H3,(H,16,17). The Morgan fingerprint density at radius 1 is 1.25 bits per heavy atom. The monoisotopic (exact) mass is 301 g/mol. The number of rotatable bonds is 7. The SMILES string of the molecule is Cc1cc(C(=O)O)cc(S(=O)(=O)NCCCCO)c1C. The predicted octanol–water partition coefficient (Wildman–Crippen LogP) is 1.05. The summed E-state index contributed by atoms with van der Waals surface area (Å²) < 4.78 is 26.8. The van der Waals surface area contributed by atoms with Gasteiger partial charge >= 0.3 is 5.97 Å². The molecule has 7 heteroatoms. The van der Waals surface area contributed by atoms with E-state index in [1.807, 2.05) is 0 Å². The first-order valence-electron chi connectivity index (χ1n) is 6.24. The minimum Gasteiger partial charge on any atom is -0.478 e. The van der Waals surface area contributed by atoms with Gasteiger partial charge in [0, 0.05) is 13.2 Å². The van der Waals surface area contributed by atoms with Gasteiger partial charge in [-0.25, -0.2) is 17.9 Å². The molecule has 1 aromatic carbocycles. The van der Waals surface area contributed by atoms with Crippen molar-refractivity contribution in [1.29, 1.82) is 0 Å². The first-order chi connectivity index (χ1) is 9.29. The molecule has 0 spiro atoms. The maximum Gasteiger partial charge on any atom is 0.335 e. The Morgan fingerprint density at radius 3 is 2.45 bits per heavy atom. The summed E-state index contributed by atoms with van der Waals surface area (Å²) in [6.45, 7) is 3.53. The van der Waals surface area contributed by atoms with Crippen LogP contribution in [0.1, 0.15) is 34.3 Å². The maximum absolute atomic E-state index is 12.2. The number of hydrogen-bond donors (Lipinski definition) is 3. The van der Waals surface area contributed by atoms with Crippen LogP contribution >= 0.6 is 0 Å². The molecule has 112 valence electrons. The second-order valence-corrected chi connectivity index (χ2v) is 6.29. The molecule has 0 amide bonds. The van der Waals surface area contributed by atoms with Crippen LogP contribution in [0, 0.1) is 13.8 Å². The van der Waals surface area contributed by atoms with Crippen LogP contribution in [-0.4, -0.2) is 37.8 Å². The summed E-state index contributed by atoms with van der Waals surface area (Å²) in [5, 5.41) is 17.6. The van der Waals surface area contributed by atoms with Gasteiger partial charge in [0.15, 0.2) is 0 Å². The van der Waals surface area contributed by atoms with Crippen molar-refractivity contribution in [1.82, 2.24) is 4.72 Å². The first-order valence-corrected chi connectivity index (χ1v) is 7.73. The second-order valence-electron chi connectivity index (χ2n) is 4.55. The van der Waals surface area contributed by atoms with Gasteiger partial charge in [-0.2, -0.15) is 0 Å². The van der Waals surface area contributed by atoms with Crippen molar-refractivity contribution in [3.63, 3.8) is 0 Å². The van der Waals surface area contributed by atoms with Crippen LogP contribution in [0.25, 0.3) is 0 Å². The Morgan fingerprint density at radius 2 is 1.90 bits per heavy atom. The molecule has 3 N–H and O–H groups in total. The van der Waals surface area contributed by atoms with E-state index in [4.69, 9.17) is 10.2 Å². The van der Waals surface area contributed by atoms with E-state index in [1.165, 1.54) is 12.1 Å². The molecule has 0 aliphatic heterocycles. The van der Waals surface area contributed by atoms with E-state index >= 15 is 0 Å². The first kappa shape index (κ1) is 16.6. The fourth-order valence-electron chi connectivity index (χ4n) is 1.75. The predicted molar refractivity (Wildman–Crippen MR) is 74.4 cm³/mol. The molecule has 0 bridgehead atoms. The lowest BCUT2D eigenvalue weighted by molar-refractivity contribution is 0.0696. The molecule has 0 fully saturated rings. The Hall–Kier alpha value is -1.44. The van der Waals surface area contributed by atoms with Gasteiger partial charge in [0.25, 0.3) is 0 Å². The lowest BCUT2D eigenvalue weighted by atomic mass is 10.1. The minimum atomic E-state index is -3.74. The number of carboxylic acids is 1. The Bertz CT molecular complexity index is 595. The van der Waals surface area contributed by atoms with Gasteiger partial charge in [0.05, 0.1) is 10.5 Å². The van der Waals surface area contributed by atoms with Crippen LogP contribution in [0.2, 0.25) is 0 Å². The third-order valence-electron chi connectivity index (χ3n) is 3.03.